The number of esters is 4. The smallest absolute Gasteiger partial charge is 0.316 e. The lowest BCUT2D eigenvalue weighted by Gasteiger charge is -2.32. The van der Waals surface area contributed by atoms with Crippen LogP contribution in [0.4, 0.5) is 0 Å². The van der Waals surface area contributed by atoms with Gasteiger partial charge in [0, 0.05) is 33.6 Å². The molecule has 2 aliphatic carbocycles. The minimum absolute atomic E-state index is 0.0395. The lowest BCUT2D eigenvalue weighted by atomic mass is 9.85. The molecule has 2 saturated carbocycles. The van der Waals surface area contributed by atoms with Crippen molar-refractivity contribution >= 4 is 56.6 Å². The molecule has 0 amide bonds. The van der Waals surface area contributed by atoms with E-state index in [-0.39, 0.29) is 87.5 Å². The van der Waals surface area contributed by atoms with Crippen molar-refractivity contribution in [2.45, 2.75) is 117 Å². The van der Waals surface area contributed by atoms with Gasteiger partial charge in [0.2, 0.25) is 0 Å². The zero-order chi connectivity index (χ0) is 53.8. The van der Waals surface area contributed by atoms with Crippen molar-refractivity contribution in [2.75, 3.05) is 49.4 Å². The molecular weight excluding hydrogens is 1020 g/mol. The molecule has 0 radical (unpaired) electrons. The predicted molar refractivity (Wildman–Crippen MR) is 300 cm³/mol. The maximum atomic E-state index is 12.7. The highest BCUT2D eigenvalue weighted by Crippen LogP contribution is 2.57. The summed E-state index contributed by atoms with van der Waals surface area (Å²) in [5.41, 5.74) is -0.429. The van der Waals surface area contributed by atoms with Crippen LogP contribution in [-0.4, -0.2) is 91.6 Å². The third kappa shape index (κ3) is 14.1. The Hall–Kier alpha value is -5.25. The summed E-state index contributed by atoms with van der Waals surface area (Å²) in [7, 11) is 0.341. The van der Waals surface area contributed by atoms with Gasteiger partial charge in [0.05, 0.1) is 54.6 Å². The van der Waals surface area contributed by atoms with E-state index in [9.17, 15) is 19.2 Å². The molecule has 8 atom stereocenters. The van der Waals surface area contributed by atoms with Crippen molar-refractivity contribution in [3.8, 4) is 17.2 Å². The minimum Gasteiger partial charge on any atom is -0.489 e. The summed E-state index contributed by atoms with van der Waals surface area (Å²) in [4.78, 5) is 55.4. The maximum Gasteiger partial charge on any atom is 0.316 e. The Morgan fingerprint density at radius 3 is 1.54 bits per heavy atom. The molecule has 0 spiro atoms. The molecular formula is C62H75O11S3+3. The van der Waals surface area contributed by atoms with E-state index in [4.69, 9.17) is 33.2 Å². The van der Waals surface area contributed by atoms with Gasteiger partial charge in [-0.2, -0.15) is 0 Å². The van der Waals surface area contributed by atoms with Crippen molar-refractivity contribution in [2.24, 2.45) is 35.0 Å². The minimum atomic E-state index is -0.430. The molecule has 14 heteroatoms. The molecule has 3 saturated heterocycles. The van der Waals surface area contributed by atoms with Crippen LogP contribution in [-0.2, 0) is 70.8 Å². The standard InChI is InChI=1S/C31H31O5S.C16H23O3S.C15H21O3S/c1-3-19(2)30(32)35-29-25-18-24-26(31(33)36-28(24)29)27(25)34-20-14-16-23(17-15-20)37(21-10-6-4-7-11-21)22-12-8-5-9-13-22;1-4-16(2,3)15(17)19-13-5-7-14(8-6-13)20-11-9-18-10-12-20;1-3-12(2)15(16)18-13-4-6-14(7-5-13)19-10-8-17-9-11-19/h4-17,19,24-29H,3,18H2,1-2H3;5-8H,4,9-12H2,1-3H3;4-7,12H,3,8-11H2,1-2H3/q3*+1. The Kier molecular flexibility index (Phi) is 20.1. The van der Waals surface area contributed by atoms with E-state index in [2.05, 4.69) is 84.9 Å². The zero-order valence-corrected chi connectivity index (χ0v) is 47.5. The van der Waals surface area contributed by atoms with Gasteiger partial charge in [-0.05, 0) is 137 Å². The maximum absolute atomic E-state index is 12.7. The Morgan fingerprint density at radius 2 is 1.05 bits per heavy atom. The van der Waals surface area contributed by atoms with E-state index in [1.165, 1.54) is 24.5 Å². The summed E-state index contributed by atoms with van der Waals surface area (Å²) >= 11 is 0. The third-order valence-corrected chi connectivity index (χ3v) is 21.9. The zero-order valence-electron chi connectivity index (χ0n) is 45.0. The summed E-state index contributed by atoms with van der Waals surface area (Å²) in [6.45, 7) is 16.9. The van der Waals surface area contributed by atoms with Crippen LogP contribution >= 0.6 is 0 Å². The van der Waals surface area contributed by atoms with E-state index >= 15 is 0 Å². The molecule has 2 bridgehead atoms. The topological polar surface area (TPSA) is 133 Å². The number of ether oxygens (including phenoxy) is 7. The van der Waals surface area contributed by atoms with Crippen LogP contribution < -0.4 is 14.2 Å². The molecule has 3 heterocycles. The highest BCUT2D eigenvalue weighted by Gasteiger charge is 2.69. The van der Waals surface area contributed by atoms with Gasteiger partial charge in [0.1, 0.15) is 64.5 Å². The number of hydrogen-bond donors (Lipinski definition) is 0. The normalized spacial score (nSPS) is 22.7. The number of carbonyl (C=O) groups is 4. The van der Waals surface area contributed by atoms with Crippen LogP contribution in [0.3, 0.4) is 0 Å². The fraction of sp³-hybridized carbons (Fsp3) is 0.452. The molecule has 5 aromatic carbocycles. The summed E-state index contributed by atoms with van der Waals surface area (Å²) in [5.74, 6) is 5.13. The van der Waals surface area contributed by atoms with Crippen molar-refractivity contribution in [1.29, 1.82) is 0 Å². The fourth-order valence-electron chi connectivity index (χ4n) is 9.68. The van der Waals surface area contributed by atoms with Crippen LogP contribution in [0, 0.1) is 35.0 Å². The molecule has 10 rings (SSSR count). The quantitative estimate of drug-likeness (QED) is 0.0531. The molecule has 0 N–H and O–H groups in total. The van der Waals surface area contributed by atoms with Crippen LogP contribution in [0.5, 0.6) is 17.2 Å². The van der Waals surface area contributed by atoms with Crippen LogP contribution in [0.25, 0.3) is 0 Å². The summed E-state index contributed by atoms with van der Waals surface area (Å²) in [6, 6.07) is 45.2. The second-order valence-electron chi connectivity index (χ2n) is 20.5. The lowest BCUT2D eigenvalue weighted by Crippen LogP contribution is -2.46. The molecule has 5 aromatic rings. The van der Waals surface area contributed by atoms with Gasteiger partial charge < -0.3 is 33.2 Å². The highest BCUT2D eigenvalue weighted by atomic mass is 32.2. The molecule has 404 valence electrons. The van der Waals surface area contributed by atoms with Gasteiger partial charge in [0.25, 0.3) is 0 Å². The van der Waals surface area contributed by atoms with Gasteiger partial charge in [-0.1, -0.05) is 71.0 Å². The molecule has 5 aliphatic rings. The molecule has 5 fully saturated rings. The second-order valence-corrected chi connectivity index (χ2v) is 27.1. The number of rotatable bonds is 16. The third-order valence-electron chi connectivity index (χ3n) is 15.1. The average molecular weight is 1090 g/mol. The number of carbonyl (C=O) groups excluding carboxylic acids is 4. The molecule has 11 nitrogen and oxygen atoms in total. The molecule has 8 unspecified atom stereocenters. The predicted octanol–water partition coefficient (Wildman–Crippen LogP) is 11.4. The van der Waals surface area contributed by atoms with Crippen molar-refractivity contribution in [3.05, 3.63) is 133 Å². The number of hydrogen-bond acceptors (Lipinski definition) is 11. The number of benzene rings is 5. The van der Waals surface area contributed by atoms with Gasteiger partial charge in [-0.25, -0.2) is 0 Å². The largest absolute Gasteiger partial charge is 0.489 e. The van der Waals surface area contributed by atoms with Gasteiger partial charge in [-0.15, -0.1) is 0 Å². The van der Waals surface area contributed by atoms with Crippen molar-refractivity contribution in [3.63, 3.8) is 0 Å². The van der Waals surface area contributed by atoms with E-state index < -0.39 is 11.5 Å². The van der Waals surface area contributed by atoms with E-state index in [0.29, 0.717) is 34.6 Å². The monoisotopic (exact) mass is 1090 g/mol. The Labute approximate surface area is 458 Å². The second kappa shape index (κ2) is 26.9. The summed E-state index contributed by atoms with van der Waals surface area (Å²) < 4.78 is 39.6. The Balaban J connectivity index is 0.000000166. The fourth-order valence-corrected chi connectivity index (χ4v) is 15.4. The van der Waals surface area contributed by atoms with Gasteiger partial charge in [-0.3, -0.25) is 19.2 Å². The van der Waals surface area contributed by atoms with Crippen LogP contribution in [0.15, 0.2) is 158 Å². The van der Waals surface area contributed by atoms with E-state index in [0.717, 1.165) is 68.7 Å². The summed E-state index contributed by atoms with van der Waals surface area (Å²) in [6.07, 6.45) is 1.96. The Morgan fingerprint density at radius 1 is 0.592 bits per heavy atom. The first-order valence-corrected chi connectivity index (χ1v) is 31.3. The van der Waals surface area contributed by atoms with E-state index in [1.807, 2.05) is 97.0 Å². The van der Waals surface area contributed by atoms with Crippen molar-refractivity contribution < 1.29 is 52.3 Å². The van der Waals surface area contributed by atoms with Crippen molar-refractivity contribution in [1.82, 2.24) is 0 Å². The highest BCUT2D eigenvalue weighted by molar-refractivity contribution is 7.97. The molecule has 76 heavy (non-hydrogen) atoms. The lowest BCUT2D eigenvalue weighted by molar-refractivity contribution is -0.166. The van der Waals surface area contributed by atoms with Crippen LogP contribution in [0.1, 0.15) is 74.1 Å². The molecule has 0 aromatic heterocycles. The van der Waals surface area contributed by atoms with Gasteiger partial charge in [0.15, 0.2) is 24.5 Å². The van der Waals surface area contributed by atoms with E-state index in [1.54, 1.807) is 0 Å². The first-order chi connectivity index (χ1) is 36.8. The summed E-state index contributed by atoms with van der Waals surface area (Å²) in [5, 5.41) is 0. The molecule has 3 aliphatic heterocycles. The first kappa shape index (κ1) is 56.9. The SMILES string of the molecule is CCC(C)(C)C(=O)Oc1ccc([S+]2CCOCC2)cc1.CCC(C)C(=O)OC1C2CC3C1OC(=O)C3C2Oc1ccc([S+](c2ccccc2)c2ccccc2)cc1.CCC(C)C(=O)Oc1ccc([S+]2CCOCC2)cc1. The van der Waals surface area contributed by atoms with Gasteiger partial charge >= 0.3 is 23.9 Å². The van der Waals surface area contributed by atoms with Crippen LogP contribution in [0.2, 0.25) is 0 Å². The Bertz CT molecular complexity index is 2620. The number of fused-ring (bicyclic) bond motifs is 1. The first-order valence-electron chi connectivity index (χ1n) is 26.9. The average Bonchev–Trinajstić information content (AvgIpc) is 4.11.